The maximum atomic E-state index is 5.81. The molecule has 2 aromatic carbocycles. The van der Waals surface area contributed by atoms with E-state index >= 15 is 0 Å². The Morgan fingerprint density at radius 3 is 1.29 bits per heavy atom. The first-order valence-electron chi connectivity index (χ1n) is 14.7. The van der Waals surface area contributed by atoms with Crippen LogP contribution in [-0.4, -0.2) is 46.1 Å². The van der Waals surface area contributed by atoms with Crippen LogP contribution in [0, 0.1) is 0 Å². The van der Waals surface area contributed by atoms with Gasteiger partial charge in [0.25, 0.3) is 0 Å². The fourth-order valence-electron chi connectivity index (χ4n) is 5.04. The van der Waals surface area contributed by atoms with Gasteiger partial charge in [0.2, 0.25) is 23.7 Å². The average molecular weight is 569 g/mol. The third-order valence-electron chi connectivity index (χ3n) is 7.23. The number of nitrogens with zero attached hydrogens (tertiary/aromatic N) is 6. The number of ether oxygens (including phenoxy) is 2. The molecule has 10 heteroatoms. The Balaban J connectivity index is 0.000000168. The largest absolute Gasteiger partial charge is 0.473 e. The zero-order chi connectivity index (χ0) is 29.0. The SMILES string of the molecule is Nc1nc(OCc2ccccc2)cc(N2CCCCC2)n1.Nc1nc(OCc2ccccc2)cc(N2CCCCC2)n1. The number of aromatic nitrogens is 4. The average Bonchev–Trinajstić information content (AvgIpc) is 3.04. The first kappa shape index (κ1) is 28.9. The topological polar surface area (TPSA) is 129 Å². The minimum atomic E-state index is 0.265. The zero-order valence-electron chi connectivity index (χ0n) is 24.1. The number of anilines is 4. The van der Waals surface area contributed by atoms with Crippen molar-refractivity contribution in [3.8, 4) is 11.8 Å². The molecule has 0 radical (unpaired) electrons. The summed E-state index contributed by atoms with van der Waals surface area (Å²) in [6, 6.07) is 23.8. The van der Waals surface area contributed by atoms with Crippen molar-refractivity contribution in [2.75, 3.05) is 47.4 Å². The second-order valence-electron chi connectivity index (χ2n) is 10.5. The Labute approximate surface area is 247 Å². The van der Waals surface area contributed by atoms with Crippen molar-refractivity contribution in [1.82, 2.24) is 19.9 Å². The number of nitrogens with two attached hydrogens (primary N) is 2. The van der Waals surface area contributed by atoms with Gasteiger partial charge in [-0.15, -0.1) is 0 Å². The summed E-state index contributed by atoms with van der Waals surface area (Å²) in [6.45, 7) is 5.06. The summed E-state index contributed by atoms with van der Waals surface area (Å²) >= 11 is 0. The molecule has 2 fully saturated rings. The van der Waals surface area contributed by atoms with E-state index in [2.05, 4.69) is 29.7 Å². The monoisotopic (exact) mass is 568 g/mol. The number of hydrogen-bond donors (Lipinski definition) is 2. The van der Waals surface area contributed by atoms with Gasteiger partial charge in [-0.25, -0.2) is 0 Å². The Hall–Kier alpha value is -4.60. The van der Waals surface area contributed by atoms with Crippen LogP contribution in [0.15, 0.2) is 72.8 Å². The maximum absolute atomic E-state index is 5.81. The van der Waals surface area contributed by atoms with Gasteiger partial charge < -0.3 is 30.7 Å². The van der Waals surface area contributed by atoms with E-state index in [4.69, 9.17) is 20.9 Å². The lowest BCUT2D eigenvalue weighted by Gasteiger charge is -2.27. The summed E-state index contributed by atoms with van der Waals surface area (Å²) in [5.74, 6) is 3.33. The fraction of sp³-hybridized carbons (Fsp3) is 0.375. The second kappa shape index (κ2) is 14.9. The molecule has 0 atom stereocenters. The zero-order valence-corrected chi connectivity index (χ0v) is 24.1. The number of nitrogen functional groups attached to an aromatic ring is 2. The Morgan fingerprint density at radius 1 is 0.524 bits per heavy atom. The third kappa shape index (κ3) is 8.70. The molecule has 4 N–H and O–H groups in total. The van der Waals surface area contributed by atoms with Gasteiger partial charge in [0, 0.05) is 38.3 Å². The van der Waals surface area contributed by atoms with E-state index in [-0.39, 0.29) is 11.9 Å². The Morgan fingerprint density at radius 2 is 0.905 bits per heavy atom. The van der Waals surface area contributed by atoms with Gasteiger partial charge in [-0.3, -0.25) is 0 Å². The number of piperidine rings is 2. The smallest absolute Gasteiger partial charge is 0.225 e. The van der Waals surface area contributed by atoms with Crippen LogP contribution < -0.4 is 30.7 Å². The van der Waals surface area contributed by atoms with E-state index in [9.17, 15) is 0 Å². The van der Waals surface area contributed by atoms with Gasteiger partial charge in [0.05, 0.1) is 0 Å². The van der Waals surface area contributed by atoms with Gasteiger partial charge >= 0.3 is 0 Å². The number of hydrogen-bond acceptors (Lipinski definition) is 10. The lowest BCUT2D eigenvalue weighted by Crippen LogP contribution is -2.30. The van der Waals surface area contributed by atoms with Crippen LogP contribution in [-0.2, 0) is 13.2 Å². The van der Waals surface area contributed by atoms with Gasteiger partial charge in [-0.05, 0) is 49.7 Å². The van der Waals surface area contributed by atoms with Crippen LogP contribution in [0.2, 0.25) is 0 Å². The van der Waals surface area contributed by atoms with E-state index in [0.29, 0.717) is 25.0 Å². The first-order valence-corrected chi connectivity index (χ1v) is 14.7. The van der Waals surface area contributed by atoms with E-state index in [1.165, 1.54) is 38.5 Å². The van der Waals surface area contributed by atoms with Crippen LogP contribution in [0.5, 0.6) is 11.8 Å². The van der Waals surface area contributed by atoms with Crippen molar-refractivity contribution in [2.45, 2.75) is 51.7 Å². The van der Waals surface area contributed by atoms with Gasteiger partial charge in [-0.2, -0.15) is 19.9 Å². The first-order chi connectivity index (χ1) is 20.6. The molecule has 4 aromatic rings. The van der Waals surface area contributed by atoms with E-state index < -0.39 is 0 Å². The lowest BCUT2D eigenvalue weighted by molar-refractivity contribution is 0.293. The Bertz CT molecular complexity index is 1270. The van der Waals surface area contributed by atoms with Crippen molar-refractivity contribution < 1.29 is 9.47 Å². The molecule has 0 bridgehead atoms. The van der Waals surface area contributed by atoms with Crippen LogP contribution in [0.3, 0.4) is 0 Å². The fourth-order valence-corrected chi connectivity index (χ4v) is 5.04. The molecule has 0 aliphatic carbocycles. The second-order valence-corrected chi connectivity index (χ2v) is 10.5. The molecule has 4 heterocycles. The minimum Gasteiger partial charge on any atom is -0.473 e. The minimum absolute atomic E-state index is 0.265. The molecule has 0 unspecified atom stereocenters. The molecule has 2 aliphatic heterocycles. The Kier molecular flexibility index (Phi) is 10.2. The van der Waals surface area contributed by atoms with Crippen molar-refractivity contribution >= 4 is 23.5 Å². The number of rotatable bonds is 8. The van der Waals surface area contributed by atoms with Crippen LogP contribution in [0.1, 0.15) is 49.7 Å². The molecule has 220 valence electrons. The standard InChI is InChI=1S/2C16H20N4O/c2*17-16-18-14(20-9-5-2-6-10-20)11-15(19-16)21-12-13-7-3-1-4-8-13/h2*1,3-4,7-8,11H,2,5-6,9-10,12H2,(H2,17,18,19). The number of benzene rings is 2. The highest BCUT2D eigenvalue weighted by Gasteiger charge is 2.16. The molecule has 2 saturated heterocycles. The summed E-state index contributed by atoms with van der Waals surface area (Å²) in [6.07, 6.45) is 7.37. The summed E-state index contributed by atoms with van der Waals surface area (Å²) in [5.41, 5.74) is 13.8. The van der Waals surface area contributed by atoms with Gasteiger partial charge in [-0.1, -0.05) is 60.7 Å². The molecular formula is C32H40N8O2. The predicted molar refractivity (Wildman–Crippen MR) is 167 cm³/mol. The van der Waals surface area contributed by atoms with Crippen molar-refractivity contribution in [2.24, 2.45) is 0 Å². The van der Waals surface area contributed by atoms with Crippen molar-refractivity contribution in [1.29, 1.82) is 0 Å². The van der Waals surface area contributed by atoms with Crippen molar-refractivity contribution in [3.05, 3.63) is 83.9 Å². The van der Waals surface area contributed by atoms with Crippen LogP contribution in [0.25, 0.3) is 0 Å². The summed E-state index contributed by atoms with van der Waals surface area (Å²) < 4.78 is 11.5. The summed E-state index contributed by atoms with van der Waals surface area (Å²) in [7, 11) is 0. The van der Waals surface area contributed by atoms with Crippen molar-refractivity contribution in [3.63, 3.8) is 0 Å². The molecular weight excluding hydrogens is 528 g/mol. The maximum Gasteiger partial charge on any atom is 0.225 e. The van der Waals surface area contributed by atoms with E-state index in [1.807, 2.05) is 72.8 Å². The van der Waals surface area contributed by atoms with Gasteiger partial charge in [0.1, 0.15) is 24.8 Å². The molecule has 6 rings (SSSR count). The lowest BCUT2D eigenvalue weighted by atomic mass is 10.1. The van der Waals surface area contributed by atoms with E-state index in [1.54, 1.807) is 0 Å². The van der Waals surface area contributed by atoms with Crippen LogP contribution >= 0.6 is 0 Å². The highest BCUT2D eigenvalue weighted by Crippen LogP contribution is 2.24. The molecule has 2 aromatic heterocycles. The molecule has 10 nitrogen and oxygen atoms in total. The molecule has 0 spiro atoms. The quantitative estimate of drug-likeness (QED) is 0.290. The van der Waals surface area contributed by atoms with Crippen LogP contribution in [0.4, 0.5) is 23.5 Å². The molecule has 0 saturated carbocycles. The molecule has 0 amide bonds. The summed E-state index contributed by atoms with van der Waals surface area (Å²) in [5, 5.41) is 0. The third-order valence-corrected chi connectivity index (χ3v) is 7.23. The summed E-state index contributed by atoms with van der Waals surface area (Å²) in [4.78, 5) is 21.5. The highest BCUT2D eigenvalue weighted by molar-refractivity contribution is 5.46. The van der Waals surface area contributed by atoms with Gasteiger partial charge in [0.15, 0.2) is 0 Å². The molecule has 2 aliphatic rings. The van der Waals surface area contributed by atoms with E-state index in [0.717, 1.165) is 48.9 Å². The predicted octanol–water partition coefficient (Wildman–Crippen LogP) is 5.26. The molecule has 42 heavy (non-hydrogen) atoms. The normalized spacial score (nSPS) is 15.0. The highest BCUT2D eigenvalue weighted by atomic mass is 16.5.